The summed E-state index contributed by atoms with van der Waals surface area (Å²) in [5.41, 5.74) is 0. The summed E-state index contributed by atoms with van der Waals surface area (Å²) in [6, 6.07) is 0. The number of rotatable bonds is 0. The Morgan fingerprint density at radius 3 is 2.00 bits per heavy atom. The maximum Gasteiger partial charge on any atom is 0.108 e. The molecule has 0 N–H and O–H groups in total. The first-order valence-corrected chi connectivity index (χ1v) is 4.76. The smallest absolute Gasteiger partial charge is 0.108 e. The number of hydrogen-bond donors (Lipinski definition) is 0. The molecule has 2 nitrogen and oxygen atoms in total. The minimum atomic E-state index is 0.312. The van der Waals surface area contributed by atoms with Crippen molar-refractivity contribution in [2.75, 3.05) is 0 Å². The summed E-state index contributed by atoms with van der Waals surface area (Å²) in [5, 5.41) is 0. The Bertz CT molecular complexity index is 115. The molecule has 1 saturated carbocycles. The SMILES string of the molecule is BrC1C2CCCCC1OO2. The lowest BCUT2D eigenvalue weighted by molar-refractivity contribution is -0.301. The summed E-state index contributed by atoms with van der Waals surface area (Å²) in [6.45, 7) is 0. The molecule has 10 heavy (non-hydrogen) atoms. The number of fused-ring (bicyclic) bond motifs is 2. The van der Waals surface area contributed by atoms with Gasteiger partial charge in [0.15, 0.2) is 0 Å². The molecule has 0 spiro atoms. The van der Waals surface area contributed by atoms with Gasteiger partial charge in [-0.15, -0.1) is 0 Å². The van der Waals surface area contributed by atoms with Gasteiger partial charge >= 0.3 is 0 Å². The van der Waals surface area contributed by atoms with Crippen molar-refractivity contribution in [1.29, 1.82) is 0 Å². The van der Waals surface area contributed by atoms with Gasteiger partial charge in [0.25, 0.3) is 0 Å². The van der Waals surface area contributed by atoms with E-state index in [1.165, 1.54) is 12.8 Å². The Hall–Kier alpha value is 0.400. The van der Waals surface area contributed by atoms with Gasteiger partial charge in [-0.2, -0.15) is 0 Å². The lowest BCUT2D eigenvalue weighted by Gasteiger charge is -2.06. The van der Waals surface area contributed by atoms with Crippen LogP contribution in [0.15, 0.2) is 0 Å². The fourth-order valence-electron chi connectivity index (χ4n) is 1.59. The van der Waals surface area contributed by atoms with Gasteiger partial charge < -0.3 is 0 Å². The Labute approximate surface area is 68.9 Å². The second-order valence-electron chi connectivity index (χ2n) is 3.00. The summed E-state index contributed by atoms with van der Waals surface area (Å²) in [4.78, 5) is 10.7. The third kappa shape index (κ3) is 1.11. The molecule has 0 radical (unpaired) electrons. The first-order chi connectivity index (χ1) is 4.88. The summed E-state index contributed by atoms with van der Waals surface area (Å²) >= 11 is 3.58. The van der Waals surface area contributed by atoms with E-state index in [0.29, 0.717) is 17.0 Å². The van der Waals surface area contributed by atoms with Crippen LogP contribution in [0.1, 0.15) is 25.7 Å². The van der Waals surface area contributed by atoms with Crippen LogP contribution in [-0.2, 0) is 9.78 Å². The molecule has 2 atom stereocenters. The molecule has 1 saturated heterocycles. The van der Waals surface area contributed by atoms with Gasteiger partial charge in [0.1, 0.15) is 12.2 Å². The zero-order chi connectivity index (χ0) is 6.97. The van der Waals surface area contributed by atoms with Crippen molar-refractivity contribution in [1.82, 2.24) is 0 Å². The van der Waals surface area contributed by atoms with Gasteiger partial charge in [0.2, 0.25) is 0 Å². The second kappa shape index (κ2) is 2.80. The summed E-state index contributed by atoms with van der Waals surface area (Å²) in [7, 11) is 0. The van der Waals surface area contributed by atoms with Crippen molar-refractivity contribution in [2.45, 2.75) is 42.7 Å². The molecule has 2 bridgehead atoms. The van der Waals surface area contributed by atoms with Gasteiger partial charge in [0, 0.05) is 0 Å². The van der Waals surface area contributed by atoms with Gasteiger partial charge in [-0.05, 0) is 12.8 Å². The van der Waals surface area contributed by atoms with Crippen LogP contribution in [0, 0.1) is 0 Å². The molecule has 2 aliphatic rings. The first kappa shape index (κ1) is 7.07. The van der Waals surface area contributed by atoms with E-state index in [1.54, 1.807) is 0 Å². The maximum atomic E-state index is 5.12. The van der Waals surface area contributed by atoms with E-state index in [-0.39, 0.29) is 0 Å². The number of hydrogen-bond acceptors (Lipinski definition) is 2. The van der Waals surface area contributed by atoms with Crippen molar-refractivity contribution < 1.29 is 9.78 Å². The van der Waals surface area contributed by atoms with Gasteiger partial charge in [0.05, 0.1) is 4.83 Å². The predicted octanol–water partition coefficient (Wildman–Crippen LogP) is 2.02. The highest BCUT2D eigenvalue weighted by Crippen LogP contribution is 2.34. The average Bonchev–Trinajstić information content (AvgIpc) is 2.06. The molecular formula is C7H11BrO2. The highest BCUT2D eigenvalue weighted by molar-refractivity contribution is 9.09. The predicted molar refractivity (Wildman–Crippen MR) is 40.9 cm³/mol. The van der Waals surface area contributed by atoms with Crippen LogP contribution in [0.5, 0.6) is 0 Å². The molecule has 0 aromatic carbocycles. The Kier molecular flexibility index (Phi) is 1.98. The largest absolute Gasteiger partial charge is 0.232 e. The van der Waals surface area contributed by atoms with Crippen LogP contribution >= 0.6 is 15.9 Å². The minimum Gasteiger partial charge on any atom is -0.232 e. The molecule has 2 fully saturated rings. The van der Waals surface area contributed by atoms with Crippen LogP contribution in [0.25, 0.3) is 0 Å². The zero-order valence-electron chi connectivity index (χ0n) is 5.75. The third-order valence-corrected chi connectivity index (χ3v) is 3.42. The van der Waals surface area contributed by atoms with E-state index in [1.807, 2.05) is 0 Å². The standard InChI is InChI=1S/C7H11BrO2/c8-7-5-3-1-2-4-6(7)10-9-5/h5-7H,1-4H2. The molecule has 3 heteroatoms. The summed E-state index contributed by atoms with van der Waals surface area (Å²) < 4.78 is 0. The van der Waals surface area contributed by atoms with Crippen molar-refractivity contribution in [3.63, 3.8) is 0 Å². The van der Waals surface area contributed by atoms with Crippen LogP contribution in [0.4, 0.5) is 0 Å². The summed E-state index contributed by atoms with van der Waals surface area (Å²) in [5.74, 6) is 0. The molecule has 2 unspecified atom stereocenters. The molecule has 58 valence electrons. The molecule has 1 aliphatic heterocycles. The molecule has 1 heterocycles. The molecular weight excluding hydrogens is 196 g/mol. The Morgan fingerprint density at radius 1 is 1.00 bits per heavy atom. The van der Waals surface area contributed by atoms with Gasteiger partial charge in [-0.25, -0.2) is 9.78 Å². The van der Waals surface area contributed by atoms with Gasteiger partial charge in [-0.1, -0.05) is 28.8 Å². The quantitative estimate of drug-likeness (QED) is 0.447. The first-order valence-electron chi connectivity index (χ1n) is 3.84. The minimum absolute atomic E-state index is 0.312. The van der Waals surface area contributed by atoms with E-state index in [0.717, 1.165) is 12.8 Å². The Balaban J connectivity index is 2.07. The van der Waals surface area contributed by atoms with Crippen molar-refractivity contribution >= 4 is 15.9 Å². The third-order valence-electron chi connectivity index (χ3n) is 2.24. The highest BCUT2D eigenvalue weighted by Gasteiger charge is 2.38. The van der Waals surface area contributed by atoms with Gasteiger partial charge in [-0.3, -0.25) is 0 Å². The second-order valence-corrected chi connectivity index (χ2v) is 4.06. The van der Waals surface area contributed by atoms with E-state index < -0.39 is 0 Å². The topological polar surface area (TPSA) is 18.5 Å². The highest BCUT2D eigenvalue weighted by atomic mass is 79.9. The molecule has 0 aromatic rings. The molecule has 0 aromatic heterocycles. The number of alkyl halides is 1. The van der Waals surface area contributed by atoms with E-state index in [9.17, 15) is 0 Å². The average molecular weight is 207 g/mol. The van der Waals surface area contributed by atoms with Crippen LogP contribution < -0.4 is 0 Å². The van der Waals surface area contributed by atoms with Crippen LogP contribution in [0.2, 0.25) is 0 Å². The van der Waals surface area contributed by atoms with E-state index in [2.05, 4.69) is 15.9 Å². The zero-order valence-corrected chi connectivity index (χ0v) is 7.34. The summed E-state index contributed by atoms with van der Waals surface area (Å²) in [6.07, 6.45) is 5.48. The Morgan fingerprint density at radius 2 is 1.50 bits per heavy atom. The van der Waals surface area contributed by atoms with Crippen LogP contribution in [-0.4, -0.2) is 17.0 Å². The van der Waals surface area contributed by atoms with E-state index in [4.69, 9.17) is 9.78 Å². The fraction of sp³-hybridized carbons (Fsp3) is 1.00. The fourth-order valence-corrected chi connectivity index (χ4v) is 2.30. The lowest BCUT2D eigenvalue weighted by atomic mass is 10.1. The monoisotopic (exact) mass is 206 g/mol. The number of halogens is 1. The lowest BCUT2D eigenvalue weighted by Crippen LogP contribution is -2.21. The van der Waals surface area contributed by atoms with Crippen molar-refractivity contribution in [3.8, 4) is 0 Å². The molecule has 1 aliphatic carbocycles. The van der Waals surface area contributed by atoms with Crippen molar-refractivity contribution in [2.24, 2.45) is 0 Å². The normalized spacial score (nSPS) is 47.1. The van der Waals surface area contributed by atoms with Crippen molar-refractivity contribution in [3.05, 3.63) is 0 Å². The maximum absolute atomic E-state index is 5.12. The van der Waals surface area contributed by atoms with E-state index >= 15 is 0 Å². The molecule has 2 rings (SSSR count). The van der Waals surface area contributed by atoms with Crippen LogP contribution in [0.3, 0.4) is 0 Å². The molecule has 0 amide bonds.